The smallest absolute Gasteiger partial charge is 0.246 e. The number of anilines is 3. The van der Waals surface area contributed by atoms with Crippen LogP contribution in [-0.2, 0) is 0 Å². The van der Waals surface area contributed by atoms with Crippen molar-refractivity contribution in [3.05, 3.63) is 59.9 Å². The molecule has 34 heavy (non-hydrogen) atoms. The van der Waals surface area contributed by atoms with Gasteiger partial charge in [-0.3, -0.25) is 0 Å². The van der Waals surface area contributed by atoms with Gasteiger partial charge < -0.3 is 20.2 Å². The van der Waals surface area contributed by atoms with Crippen molar-refractivity contribution >= 4 is 17.3 Å². The molecule has 0 unspecified atom stereocenters. The molecular weight excluding hydrogens is 438 g/mol. The summed E-state index contributed by atoms with van der Waals surface area (Å²) >= 11 is 0. The Labute approximate surface area is 198 Å². The van der Waals surface area contributed by atoms with Gasteiger partial charge in [0.25, 0.3) is 0 Å². The number of halogens is 2. The van der Waals surface area contributed by atoms with Gasteiger partial charge in [-0.25, -0.2) is 13.5 Å². The third kappa shape index (κ3) is 5.20. The lowest BCUT2D eigenvalue weighted by Gasteiger charge is -2.41. The zero-order valence-electron chi connectivity index (χ0n) is 19.3. The van der Waals surface area contributed by atoms with Gasteiger partial charge >= 0.3 is 0 Å². The van der Waals surface area contributed by atoms with Crippen molar-refractivity contribution < 1.29 is 13.9 Å². The van der Waals surface area contributed by atoms with E-state index in [1.807, 2.05) is 6.07 Å². The van der Waals surface area contributed by atoms with Crippen molar-refractivity contribution in [1.29, 1.82) is 0 Å². The van der Waals surface area contributed by atoms with Gasteiger partial charge in [-0.1, -0.05) is 0 Å². The molecule has 180 valence electrons. The normalized spacial score (nSPS) is 18.4. The van der Waals surface area contributed by atoms with Gasteiger partial charge in [0, 0.05) is 49.7 Å². The summed E-state index contributed by atoms with van der Waals surface area (Å²) in [5, 5.41) is 17.3. The fraction of sp³-hybridized carbons (Fsp3) is 0.440. The number of nitrogens with one attached hydrogen (secondary N) is 1. The lowest BCUT2D eigenvalue weighted by molar-refractivity contribution is 0.0542. The van der Waals surface area contributed by atoms with Gasteiger partial charge in [0.1, 0.15) is 18.0 Å². The van der Waals surface area contributed by atoms with Crippen LogP contribution in [-0.4, -0.2) is 63.1 Å². The maximum absolute atomic E-state index is 13.5. The Kier molecular flexibility index (Phi) is 6.47. The number of benzene rings is 2. The summed E-state index contributed by atoms with van der Waals surface area (Å²) in [6.07, 6.45) is 5.28. The Hall–Kier alpha value is -3.04. The second-order valence-electron chi connectivity index (χ2n) is 9.31. The molecule has 2 aliphatic rings. The van der Waals surface area contributed by atoms with Crippen LogP contribution >= 0.6 is 0 Å². The number of aliphatic hydroxyl groups is 1. The van der Waals surface area contributed by atoms with Gasteiger partial charge in [-0.05, 0) is 68.5 Å². The summed E-state index contributed by atoms with van der Waals surface area (Å²) in [6, 6.07) is 10.1. The fourth-order valence-corrected chi connectivity index (χ4v) is 5.00. The summed E-state index contributed by atoms with van der Waals surface area (Å²) in [5.74, 6) is -0.970. The fourth-order valence-electron chi connectivity index (χ4n) is 5.00. The number of piperidine rings is 2. The van der Waals surface area contributed by atoms with E-state index in [1.165, 1.54) is 23.1 Å². The summed E-state index contributed by atoms with van der Waals surface area (Å²) in [6.45, 7) is 6.02. The molecule has 0 spiro atoms. The Morgan fingerprint density at radius 3 is 2.29 bits per heavy atom. The maximum Gasteiger partial charge on any atom is 0.246 e. The molecule has 0 amide bonds. The van der Waals surface area contributed by atoms with Crippen LogP contribution in [0.3, 0.4) is 0 Å². The number of aromatic nitrogens is 3. The minimum Gasteiger partial charge on any atom is -0.393 e. The number of likely N-dealkylation sites (tertiary alicyclic amines) is 1. The average molecular weight is 469 g/mol. The molecule has 1 aromatic heterocycles. The van der Waals surface area contributed by atoms with Gasteiger partial charge in [-0.15, -0.1) is 5.10 Å². The number of aliphatic hydroxyl groups excluding tert-OH is 1. The van der Waals surface area contributed by atoms with Crippen LogP contribution in [0.1, 0.15) is 31.2 Å². The highest BCUT2D eigenvalue weighted by atomic mass is 19.1. The van der Waals surface area contributed by atoms with Crippen LogP contribution in [0, 0.1) is 18.6 Å². The minimum atomic E-state index is -0.662. The molecule has 0 aliphatic carbocycles. The minimum absolute atomic E-state index is 0.134. The van der Waals surface area contributed by atoms with Crippen LogP contribution in [0.2, 0.25) is 0 Å². The van der Waals surface area contributed by atoms with E-state index in [-0.39, 0.29) is 11.8 Å². The van der Waals surface area contributed by atoms with Crippen molar-refractivity contribution in [3.63, 3.8) is 0 Å². The van der Waals surface area contributed by atoms with Crippen molar-refractivity contribution in [2.45, 2.75) is 44.8 Å². The quantitative estimate of drug-likeness (QED) is 0.590. The zero-order valence-corrected chi connectivity index (χ0v) is 19.3. The first-order valence-corrected chi connectivity index (χ1v) is 11.9. The first kappa shape index (κ1) is 22.7. The molecule has 2 aliphatic heterocycles. The molecular formula is C25H30F2N6O. The van der Waals surface area contributed by atoms with E-state index in [9.17, 15) is 13.9 Å². The van der Waals surface area contributed by atoms with Crippen LogP contribution in [0.4, 0.5) is 26.1 Å². The highest BCUT2D eigenvalue weighted by Gasteiger charge is 2.27. The van der Waals surface area contributed by atoms with E-state index in [2.05, 4.69) is 44.3 Å². The summed E-state index contributed by atoms with van der Waals surface area (Å²) in [7, 11) is 0. The maximum atomic E-state index is 13.5. The Morgan fingerprint density at radius 1 is 0.882 bits per heavy atom. The lowest BCUT2D eigenvalue weighted by atomic mass is 9.98. The molecule has 0 radical (unpaired) electrons. The van der Waals surface area contributed by atoms with Crippen LogP contribution in [0.15, 0.2) is 42.7 Å². The first-order valence-electron chi connectivity index (χ1n) is 11.9. The number of rotatable bonds is 5. The molecule has 2 saturated heterocycles. The van der Waals surface area contributed by atoms with Crippen molar-refractivity contribution in [2.75, 3.05) is 36.4 Å². The van der Waals surface area contributed by atoms with Gasteiger partial charge in [-0.2, -0.15) is 4.98 Å². The number of nitrogens with zero attached hydrogens (tertiary/aromatic N) is 5. The highest BCUT2D eigenvalue weighted by molar-refractivity contribution is 5.64. The first-order chi connectivity index (χ1) is 16.4. The predicted molar refractivity (Wildman–Crippen MR) is 128 cm³/mol. The van der Waals surface area contributed by atoms with E-state index in [0.717, 1.165) is 74.9 Å². The van der Waals surface area contributed by atoms with E-state index in [0.29, 0.717) is 12.0 Å². The second kappa shape index (κ2) is 9.68. The second-order valence-corrected chi connectivity index (χ2v) is 9.31. The van der Waals surface area contributed by atoms with Crippen molar-refractivity contribution in [3.8, 4) is 5.69 Å². The monoisotopic (exact) mass is 468 g/mol. The highest BCUT2D eigenvalue weighted by Crippen LogP contribution is 2.28. The van der Waals surface area contributed by atoms with Gasteiger partial charge in [0.2, 0.25) is 5.95 Å². The van der Waals surface area contributed by atoms with E-state index >= 15 is 0 Å². The molecule has 3 aromatic rings. The van der Waals surface area contributed by atoms with Crippen molar-refractivity contribution in [2.24, 2.45) is 0 Å². The largest absolute Gasteiger partial charge is 0.393 e. The number of hydrogen-bond donors (Lipinski definition) is 2. The summed E-state index contributed by atoms with van der Waals surface area (Å²) in [4.78, 5) is 9.20. The van der Waals surface area contributed by atoms with E-state index in [1.54, 1.807) is 0 Å². The Bertz CT molecular complexity index is 1120. The molecule has 7 nitrogen and oxygen atoms in total. The van der Waals surface area contributed by atoms with E-state index in [4.69, 9.17) is 0 Å². The van der Waals surface area contributed by atoms with Gasteiger partial charge in [0.15, 0.2) is 0 Å². The molecule has 2 fully saturated rings. The van der Waals surface area contributed by atoms with Crippen LogP contribution in [0.5, 0.6) is 0 Å². The molecule has 0 saturated carbocycles. The number of aryl methyl sites for hydroxylation is 1. The topological polar surface area (TPSA) is 69.5 Å². The SMILES string of the molecule is Cc1cc(Nc2ncn(-c3cc(F)cc(F)c3)n2)cc(N2CCC(N3CCC(O)CC3)CC2)c1. The predicted octanol–water partition coefficient (Wildman–Crippen LogP) is 4.02. The van der Waals surface area contributed by atoms with E-state index < -0.39 is 11.6 Å². The zero-order chi connectivity index (χ0) is 23.7. The molecule has 2 N–H and O–H groups in total. The lowest BCUT2D eigenvalue weighted by Crippen LogP contribution is -2.48. The van der Waals surface area contributed by atoms with Crippen LogP contribution < -0.4 is 10.2 Å². The summed E-state index contributed by atoms with van der Waals surface area (Å²) in [5.41, 5.74) is 3.42. The average Bonchev–Trinajstić information content (AvgIpc) is 3.27. The molecule has 9 heteroatoms. The van der Waals surface area contributed by atoms with Crippen molar-refractivity contribution in [1.82, 2.24) is 19.7 Å². The molecule has 3 heterocycles. The van der Waals surface area contributed by atoms with Gasteiger partial charge in [0.05, 0.1) is 11.8 Å². The summed E-state index contributed by atoms with van der Waals surface area (Å²) < 4.78 is 28.4. The Balaban J connectivity index is 1.25. The third-order valence-electron chi connectivity index (χ3n) is 6.77. The Morgan fingerprint density at radius 2 is 1.59 bits per heavy atom. The van der Waals surface area contributed by atoms with Crippen LogP contribution in [0.25, 0.3) is 5.69 Å². The molecule has 2 aromatic carbocycles. The molecule has 0 atom stereocenters. The molecule has 5 rings (SSSR count). The standard InChI is InChI=1S/C25H30F2N6O/c1-17-10-20(29-25-28-16-33(30-25)23-13-18(26)12-19(27)14-23)15-22(11-17)32-6-2-21(3-7-32)31-8-4-24(34)5-9-31/h10-16,21,24,34H,2-9H2,1H3,(H,29,30). The number of hydrogen-bond acceptors (Lipinski definition) is 6. The molecule has 0 bridgehead atoms. The third-order valence-corrected chi connectivity index (χ3v) is 6.77.